The van der Waals surface area contributed by atoms with Gasteiger partial charge < -0.3 is 9.15 Å². The number of imide groups is 1. The summed E-state index contributed by atoms with van der Waals surface area (Å²) in [4.78, 5) is 45.8. The third kappa shape index (κ3) is 4.92. The fourth-order valence-corrected chi connectivity index (χ4v) is 2.38. The first-order valence-electron chi connectivity index (χ1n) is 8.35. The highest BCUT2D eigenvalue weighted by atomic mass is 16.6. The molecule has 2 aromatic carbocycles. The van der Waals surface area contributed by atoms with E-state index in [1.54, 1.807) is 18.2 Å². The molecule has 0 aliphatic carbocycles. The zero-order chi connectivity index (χ0) is 20.8. The first-order valence-corrected chi connectivity index (χ1v) is 8.35. The van der Waals surface area contributed by atoms with E-state index in [1.807, 2.05) is 0 Å². The minimum absolute atomic E-state index is 0.0731. The molecule has 2 amide bonds. The molecule has 0 unspecified atom stereocenters. The smallest absolute Gasteiger partial charge is 0.374 e. The molecule has 0 bridgehead atoms. The van der Waals surface area contributed by atoms with E-state index >= 15 is 0 Å². The van der Waals surface area contributed by atoms with Crippen molar-refractivity contribution in [1.29, 1.82) is 0 Å². The van der Waals surface area contributed by atoms with Crippen LogP contribution in [0, 0.1) is 10.1 Å². The molecule has 0 aliphatic rings. The monoisotopic (exact) mass is 394 g/mol. The quantitative estimate of drug-likeness (QED) is 0.386. The second-order valence-electron chi connectivity index (χ2n) is 5.79. The number of benzene rings is 2. The molecule has 3 rings (SSSR count). The van der Waals surface area contributed by atoms with Crippen molar-refractivity contribution in [2.45, 2.75) is 0 Å². The van der Waals surface area contributed by atoms with Crippen LogP contribution in [0.5, 0.6) is 0 Å². The molecule has 0 fully saturated rings. The highest BCUT2D eigenvalue weighted by Crippen LogP contribution is 2.24. The summed E-state index contributed by atoms with van der Waals surface area (Å²) in [6.45, 7) is -0.662. The molecule has 0 spiro atoms. The summed E-state index contributed by atoms with van der Waals surface area (Å²) in [6, 6.07) is 16.5. The maximum atomic E-state index is 12.0. The van der Waals surface area contributed by atoms with Crippen molar-refractivity contribution in [3.05, 3.63) is 88.2 Å². The van der Waals surface area contributed by atoms with Gasteiger partial charge in [0.1, 0.15) is 5.76 Å². The average Bonchev–Trinajstić information content (AvgIpc) is 3.23. The molecule has 3 aromatic rings. The van der Waals surface area contributed by atoms with E-state index in [0.29, 0.717) is 16.9 Å². The van der Waals surface area contributed by atoms with Crippen molar-refractivity contribution in [2.24, 2.45) is 0 Å². The van der Waals surface area contributed by atoms with Gasteiger partial charge in [0.25, 0.3) is 17.5 Å². The fourth-order valence-electron chi connectivity index (χ4n) is 2.38. The Morgan fingerprint density at radius 1 is 0.966 bits per heavy atom. The van der Waals surface area contributed by atoms with Gasteiger partial charge in [-0.15, -0.1) is 0 Å². The number of amides is 2. The summed E-state index contributed by atoms with van der Waals surface area (Å²) in [5.41, 5.74) is 0.753. The number of nitrogens with zero attached hydrogens (tertiary/aromatic N) is 1. The van der Waals surface area contributed by atoms with Gasteiger partial charge in [0.2, 0.25) is 5.76 Å². The topological polar surface area (TPSA) is 129 Å². The van der Waals surface area contributed by atoms with E-state index in [0.717, 1.165) is 0 Å². The van der Waals surface area contributed by atoms with Crippen LogP contribution in [0.3, 0.4) is 0 Å². The van der Waals surface area contributed by atoms with Crippen molar-refractivity contribution in [3.63, 3.8) is 0 Å². The van der Waals surface area contributed by atoms with Gasteiger partial charge in [-0.1, -0.05) is 18.2 Å². The Balaban J connectivity index is 1.55. The second-order valence-corrected chi connectivity index (χ2v) is 5.79. The summed E-state index contributed by atoms with van der Waals surface area (Å²) in [6.07, 6.45) is 0. The second kappa shape index (κ2) is 8.61. The Hall–Kier alpha value is -4.27. The van der Waals surface area contributed by atoms with Gasteiger partial charge in [0.15, 0.2) is 6.61 Å². The van der Waals surface area contributed by atoms with Crippen molar-refractivity contribution < 1.29 is 28.5 Å². The number of nitro groups is 1. The molecule has 1 heterocycles. The number of rotatable bonds is 6. The van der Waals surface area contributed by atoms with Crippen LogP contribution in [0.15, 0.2) is 71.1 Å². The van der Waals surface area contributed by atoms with E-state index in [-0.39, 0.29) is 11.4 Å². The lowest BCUT2D eigenvalue weighted by Gasteiger charge is -2.05. The molecule has 0 atom stereocenters. The number of nitrogens with one attached hydrogen (secondary N) is 1. The van der Waals surface area contributed by atoms with Crippen LogP contribution in [0.4, 0.5) is 5.69 Å². The van der Waals surface area contributed by atoms with Gasteiger partial charge in [-0.3, -0.25) is 25.0 Å². The van der Waals surface area contributed by atoms with Crippen molar-refractivity contribution in [3.8, 4) is 11.3 Å². The largest absolute Gasteiger partial charge is 0.450 e. The number of carbonyl (C=O) groups excluding carboxylic acids is 3. The molecule has 9 heteroatoms. The van der Waals surface area contributed by atoms with Crippen LogP contribution < -0.4 is 5.32 Å². The average molecular weight is 394 g/mol. The predicted molar refractivity (Wildman–Crippen MR) is 100.0 cm³/mol. The lowest BCUT2D eigenvalue weighted by molar-refractivity contribution is -0.384. The molecule has 0 aliphatic heterocycles. The number of nitro benzene ring substituents is 1. The summed E-state index contributed by atoms with van der Waals surface area (Å²) < 4.78 is 10.2. The van der Waals surface area contributed by atoms with Gasteiger partial charge in [0.05, 0.1) is 4.92 Å². The Morgan fingerprint density at radius 2 is 1.66 bits per heavy atom. The molecule has 0 saturated carbocycles. The van der Waals surface area contributed by atoms with Crippen molar-refractivity contribution in [1.82, 2.24) is 5.32 Å². The van der Waals surface area contributed by atoms with Crippen LogP contribution in [0.1, 0.15) is 20.9 Å². The predicted octanol–water partition coefficient (Wildman–Crippen LogP) is 2.97. The van der Waals surface area contributed by atoms with Crippen LogP contribution in [-0.2, 0) is 9.53 Å². The van der Waals surface area contributed by atoms with Gasteiger partial charge in [0, 0.05) is 23.3 Å². The molecule has 1 N–H and O–H groups in total. The number of non-ortho nitro benzene ring substituents is 1. The minimum Gasteiger partial charge on any atom is -0.450 e. The third-order valence-corrected chi connectivity index (χ3v) is 3.79. The Labute approximate surface area is 164 Å². The SMILES string of the molecule is O=C(COC(=O)c1ccc(-c2ccc([N+](=O)[O-])cc2)o1)NC(=O)c1ccccc1. The van der Waals surface area contributed by atoms with Crippen LogP contribution >= 0.6 is 0 Å². The van der Waals surface area contributed by atoms with E-state index in [2.05, 4.69) is 5.32 Å². The Kier molecular flexibility index (Phi) is 5.79. The number of furan rings is 1. The van der Waals surface area contributed by atoms with Gasteiger partial charge >= 0.3 is 5.97 Å². The van der Waals surface area contributed by atoms with Crippen LogP contribution in [0.25, 0.3) is 11.3 Å². The third-order valence-electron chi connectivity index (χ3n) is 3.79. The molecule has 0 radical (unpaired) electrons. The van der Waals surface area contributed by atoms with Crippen LogP contribution in [-0.4, -0.2) is 29.3 Å². The van der Waals surface area contributed by atoms with E-state index in [1.165, 1.54) is 48.5 Å². The zero-order valence-corrected chi connectivity index (χ0v) is 14.9. The van der Waals surface area contributed by atoms with E-state index in [9.17, 15) is 24.5 Å². The molecule has 146 valence electrons. The first-order chi connectivity index (χ1) is 13.9. The van der Waals surface area contributed by atoms with Gasteiger partial charge in [-0.05, 0) is 36.4 Å². The number of ether oxygens (including phenoxy) is 1. The molecular weight excluding hydrogens is 380 g/mol. The van der Waals surface area contributed by atoms with Gasteiger partial charge in [-0.2, -0.15) is 0 Å². The lowest BCUT2D eigenvalue weighted by atomic mass is 10.1. The maximum absolute atomic E-state index is 12.0. The number of esters is 1. The van der Waals surface area contributed by atoms with Crippen LogP contribution in [0.2, 0.25) is 0 Å². The molecular formula is C20H14N2O7. The lowest BCUT2D eigenvalue weighted by Crippen LogP contribution is -2.34. The van der Waals surface area contributed by atoms with Crippen molar-refractivity contribution >= 4 is 23.5 Å². The van der Waals surface area contributed by atoms with Gasteiger partial charge in [-0.25, -0.2) is 4.79 Å². The highest BCUT2D eigenvalue weighted by molar-refractivity contribution is 6.05. The Morgan fingerprint density at radius 3 is 2.31 bits per heavy atom. The van der Waals surface area contributed by atoms with Crippen molar-refractivity contribution in [2.75, 3.05) is 6.61 Å². The van der Waals surface area contributed by atoms with E-state index in [4.69, 9.17) is 9.15 Å². The molecule has 9 nitrogen and oxygen atoms in total. The zero-order valence-electron chi connectivity index (χ0n) is 14.9. The standard InChI is InChI=1S/C20H14N2O7/c23-18(21-19(24)14-4-2-1-3-5-14)12-28-20(25)17-11-10-16(29-17)13-6-8-15(9-7-13)22(26)27/h1-11H,12H2,(H,21,23,24). The highest BCUT2D eigenvalue weighted by Gasteiger charge is 2.17. The summed E-state index contributed by atoms with van der Waals surface area (Å²) >= 11 is 0. The molecule has 0 saturated heterocycles. The molecule has 29 heavy (non-hydrogen) atoms. The maximum Gasteiger partial charge on any atom is 0.374 e. The molecule has 1 aromatic heterocycles. The number of hydrogen-bond donors (Lipinski definition) is 1. The number of carbonyl (C=O) groups is 3. The van der Waals surface area contributed by atoms with E-state index < -0.39 is 29.3 Å². The summed E-state index contributed by atoms with van der Waals surface area (Å²) in [7, 11) is 0. The minimum atomic E-state index is -0.888. The number of hydrogen-bond acceptors (Lipinski definition) is 7. The normalized spacial score (nSPS) is 10.2. The first kappa shape index (κ1) is 19.5. The summed E-state index contributed by atoms with van der Waals surface area (Å²) in [5, 5.41) is 12.8. The fraction of sp³-hybridized carbons (Fsp3) is 0.0500. The summed E-state index contributed by atoms with van der Waals surface area (Å²) in [5.74, 6) is -2.13. The Bertz CT molecular complexity index is 1060.